The van der Waals surface area contributed by atoms with Crippen LogP contribution in [0.2, 0.25) is 0 Å². The van der Waals surface area contributed by atoms with Crippen molar-refractivity contribution in [1.82, 2.24) is 10.6 Å². The van der Waals surface area contributed by atoms with Gasteiger partial charge in [0.1, 0.15) is 6.04 Å². The lowest BCUT2D eigenvalue weighted by Crippen LogP contribution is -2.48. The number of urea groups is 1. The van der Waals surface area contributed by atoms with Crippen LogP contribution >= 0.6 is 0 Å². The molecule has 120 valence electrons. The molecule has 2 rings (SSSR count). The Morgan fingerprint density at radius 1 is 1.18 bits per heavy atom. The molecule has 0 radical (unpaired) electrons. The summed E-state index contributed by atoms with van der Waals surface area (Å²) in [5.41, 5.74) is 1.34. The second-order valence-corrected chi connectivity index (χ2v) is 5.40. The molecular weight excluding hydrogens is 284 g/mol. The molecule has 0 saturated carbocycles. The molecule has 1 heterocycles. The molecule has 1 saturated heterocycles. The minimum absolute atomic E-state index is 0.0729. The van der Waals surface area contributed by atoms with E-state index in [-0.39, 0.29) is 24.0 Å². The highest BCUT2D eigenvalue weighted by atomic mass is 16.5. The maximum absolute atomic E-state index is 12.0. The Labute approximate surface area is 129 Å². The van der Waals surface area contributed by atoms with Crippen molar-refractivity contribution in [3.8, 4) is 0 Å². The van der Waals surface area contributed by atoms with Crippen molar-refractivity contribution in [2.24, 2.45) is 0 Å². The molecule has 1 aromatic carbocycles. The van der Waals surface area contributed by atoms with Gasteiger partial charge in [-0.25, -0.2) is 4.79 Å². The van der Waals surface area contributed by atoms with Gasteiger partial charge in [0.2, 0.25) is 5.91 Å². The minimum Gasteiger partial charge on any atom is -0.378 e. The van der Waals surface area contributed by atoms with Crippen LogP contribution in [-0.2, 0) is 9.53 Å². The molecule has 0 aromatic heterocycles. The lowest BCUT2D eigenvalue weighted by molar-refractivity contribution is -0.120. The Kier molecular flexibility index (Phi) is 5.74. The topological polar surface area (TPSA) is 91.5 Å². The van der Waals surface area contributed by atoms with Crippen LogP contribution in [0.4, 0.5) is 16.2 Å². The van der Waals surface area contributed by atoms with Crippen LogP contribution in [0, 0.1) is 0 Å². The normalized spacial score (nSPS) is 17.9. The van der Waals surface area contributed by atoms with E-state index in [0.29, 0.717) is 31.1 Å². The van der Waals surface area contributed by atoms with Crippen molar-refractivity contribution in [2.45, 2.75) is 25.9 Å². The number of morpholine rings is 1. The maximum atomic E-state index is 12.0. The van der Waals surface area contributed by atoms with E-state index in [1.165, 1.54) is 0 Å². The summed E-state index contributed by atoms with van der Waals surface area (Å²) in [5, 5.41) is 11.4. The third-order valence-electron chi connectivity index (χ3n) is 3.07. The van der Waals surface area contributed by atoms with Crippen LogP contribution in [0.5, 0.6) is 0 Å². The molecule has 4 N–H and O–H groups in total. The number of hydrogen-bond donors (Lipinski definition) is 4. The first kappa shape index (κ1) is 16.3. The van der Waals surface area contributed by atoms with Crippen LogP contribution in [0.15, 0.2) is 24.3 Å². The number of amides is 3. The Morgan fingerprint density at radius 2 is 1.82 bits per heavy atom. The number of ether oxygens (including phenoxy) is 1. The number of benzene rings is 1. The minimum atomic E-state index is -0.330. The van der Waals surface area contributed by atoms with Crippen LogP contribution in [-0.4, -0.2) is 43.8 Å². The van der Waals surface area contributed by atoms with E-state index < -0.39 is 0 Å². The fraction of sp³-hybridized carbons (Fsp3) is 0.467. The first-order chi connectivity index (χ1) is 10.5. The van der Waals surface area contributed by atoms with Crippen molar-refractivity contribution in [3.63, 3.8) is 0 Å². The van der Waals surface area contributed by atoms with Gasteiger partial charge in [-0.05, 0) is 38.1 Å². The Hall–Kier alpha value is -2.12. The van der Waals surface area contributed by atoms with E-state index in [1.807, 2.05) is 13.8 Å². The third kappa shape index (κ3) is 5.01. The number of carbonyl (C=O) groups is 2. The number of hydrogen-bond acceptors (Lipinski definition) is 4. The predicted molar refractivity (Wildman–Crippen MR) is 85.0 cm³/mol. The van der Waals surface area contributed by atoms with Crippen LogP contribution < -0.4 is 21.3 Å². The summed E-state index contributed by atoms with van der Waals surface area (Å²) in [4.78, 5) is 23.6. The number of carbonyl (C=O) groups excluding carboxylic acids is 2. The van der Waals surface area contributed by atoms with E-state index >= 15 is 0 Å². The van der Waals surface area contributed by atoms with Gasteiger partial charge < -0.3 is 26.0 Å². The summed E-state index contributed by atoms with van der Waals surface area (Å²) < 4.78 is 5.26. The summed E-state index contributed by atoms with van der Waals surface area (Å²) in [7, 11) is 0. The number of nitrogens with one attached hydrogen (secondary N) is 4. The van der Waals surface area contributed by atoms with Gasteiger partial charge >= 0.3 is 6.03 Å². The molecular formula is C15H22N4O3. The molecule has 1 fully saturated rings. The summed E-state index contributed by atoms with van der Waals surface area (Å²) in [6.07, 6.45) is 0. The zero-order valence-electron chi connectivity index (χ0n) is 12.8. The van der Waals surface area contributed by atoms with Gasteiger partial charge in [0.15, 0.2) is 0 Å². The Balaban J connectivity index is 1.86. The summed E-state index contributed by atoms with van der Waals surface area (Å²) in [5.74, 6) is -0.127. The average molecular weight is 306 g/mol. The van der Waals surface area contributed by atoms with Gasteiger partial charge in [0.05, 0.1) is 13.2 Å². The lowest BCUT2D eigenvalue weighted by Gasteiger charge is -2.22. The van der Waals surface area contributed by atoms with E-state index in [1.54, 1.807) is 24.3 Å². The van der Waals surface area contributed by atoms with Crippen LogP contribution in [0.3, 0.4) is 0 Å². The zero-order valence-corrected chi connectivity index (χ0v) is 12.8. The first-order valence-electron chi connectivity index (χ1n) is 7.34. The molecule has 1 atom stereocenters. The van der Waals surface area contributed by atoms with Crippen molar-refractivity contribution in [3.05, 3.63) is 24.3 Å². The fourth-order valence-electron chi connectivity index (χ4n) is 2.03. The highest BCUT2D eigenvalue weighted by Gasteiger charge is 2.20. The largest absolute Gasteiger partial charge is 0.378 e. The molecule has 22 heavy (non-hydrogen) atoms. The highest BCUT2D eigenvalue weighted by Crippen LogP contribution is 2.14. The van der Waals surface area contributed by atoms with Crippen molar-refractivity contribution >= 4 is 23.3 Å². The monoisotopic (exact) mass is 306 g/mol. The predicted octanol–water partition coefficient (Wildman–Crippen LogP) is 1.14. The molecule has 1 aromatic rings. The molecule has 7 heteroatoms. The van der Waals surface area contributed by atoms with E-state index in [0.717, 1.165) is 0 Å². The third-order valence-corrected chi connectivity index (χ3v) is 3.07. The van der Waals surface area contributed by atoms with E-state index in [4.69, 9.17) is 4.74 Å². The van der Waals surface area contributed by atoms with Crippen molar-refractivity contribution in [2.75, 3.05) is 30.4 Å². The quantitative estimate of drug-likeness (QED) is 0.671. The molecule has 7 nitrogen and oxygen atoms in total. The smallest absolute Gasteiger partial charge is 0.319 e. The summed E-state index contributed by atoms with van der Waals surface area (Å²) >= 11 is 0. The number of rotatable bonds is 4. The van der Waals surface area contributed by atoms with E-state index in [2.05, 4.69) is 21.3 Å². The molecule has 0 spiro atoms. The molecule has 0 bridgehead atoms. The van der Waals surface area contributed by atoms with Gasteiger partial charge in [-0.3, -0.25) is 4.79 Å². The first-order valence-corrected chi connectivity index (χ1v) is 7.34. The second-order valence-electron chi connectivity index (χ2n) is 5.40. The van der Waals surface area contributed by atoms with Gasteiger partial charge in [-0.15, -0.1) is 0 Å². The van der Waals surface area contributed by atoms with Gasteiger partial charge in [0, 0.05) is 24.0 Å². The van der Waals surface area contributed by atoms with Gasteiger partial charge in [-0.2, -0.15) is 0 Å². The van der Waals surface area contributed by atoms with Crippen LogP contribution in [0.1, 0.15) is 13.8 Å². The zero-order chi connectivity index (χ0) is 15.9. The standard InChI is InChI=1S/C15H22N4O3/c1-10(2)17-15(21)19-12-5-3-11(4-6-12)18-14(20)13-9-22-8-7-16-13/h3-6,10,13,16H,7-9H2,1-2H3,(H,18,20)(H2,17,19,21). The molecule has 3 amide bonds. The molecule has 1 aliphatic heterocycles. The Morgan fingerprint density at radius 3 is 2.36 bits per heavy atom. The lowest BCUT2D eigenvalue weighted by atomic mass is 10.2. The Bertz CT molecular complexity index is 510. The SMILES string of the molecule is CC(C)NC(=O)Nc1ccc(NC(=O)C2COCCN2)cc1. The maximum Gasteiger partial charge on any atom is 0.319 e. The van der Waals surface area contributed by atoms with E-state index in [9.17, 15) is 9.59 Å². The van der Waals surface area contributed by atoms with Gasteiger partial charge in [-0.1, -0.05) is 0 Å². The second kappa shape index (κ2) is 7.77. The number of anilines is 2. The molecule has 1 aliphatic rings. The van der Waals surface area contributed by atoms with Crippen LogP contribution in [0.25, 0.3) is 0 Å². The fourth-order valence-corrected chi connectivity index (χ4v) is 2.03. The average Bonchev–Trinajstić information content (AvgIpc) is 2.49. The van der Waals surface area contributed by atoms with Gasteiger partial charge in [0.25, 0.3) is 0 Å². The summed E-state index contributed by atoms with van der Waals surface area (Å²) in [6.45, 7) is 5.46. The van der Waals surface area contributed by atoms with Crippen molar-refractivity contribution in [1.29, 1.82) is 0 Å². The highest BCUT2D eigenvalue weighted by molar-refractivity contribution is 5.95. The van der Waals surface area contributed by atoms with Crippen molar-refractivity contribution < 1.29 is 14.3 Å². The summed E-state index contributed by atoms with van der Waals surface area (Å²) in [6, 6.07) is 6.45. The molecule has 0 aliphatic carbocycles. The molecule has 1 unspecified atom stereocenters.